The highest BCUT2D eigenvalue weighted by molar-refractivity contribution is 7.92. The Balaban J connectivity index is 2.69. The SMILES string of the molecule is CC(C)(C#N)C(=O)CN(c1cc([N+](=O)[O-])ccc1F)S(=O)(=O)c1ccc(F)cc1. The van der Waals surface area contributed by atoms with Crippen LogP contribution in [0.15, 0.2) is 47.4 Å². The van der Waals surface area contributed by atoms with Gasteiger partial charge >= 0.3 is 0 Å². The monoisotopic (exact) mass is 423 g/mol. The molecule has 0 aliphatic heterocycles. The second-order valence-corrected chi connectivity index (χ2v) is 8.38. The Hall–Kier alpha value is -3.39. The molecule has 152 valence electrons. The lowest BCUT2D eigenvalue weighted by atomic mass is 9.90. The van der Waals surface area contributed by atoms with Crippen LogP contribution >= 0.6 is 0 Å². The number of anilines is 1. The number of non-ortho nitro benzene ring substituents is 1. The maximum Gasteiger partial charge on any atom is 0.271 e. The van der Waals surface area contributed by atoms with Crippen LogP contribution in [0.3, 0.4) is 0 Å². The van der Waals surface area contributed by atoms with Crippen molar-refractivity contribution in [3.63, 3.8) is 0 Å². The van der Waals surface area contributed by atoms with Gasteiger partial charge in [-0.2, -0.15) is 5.26 Å². The molecule has 0 aromatic heterocycles. The fraction of sp³-hybridized carbons (Fsp3) is 0.222. The first-order chi connectivity index (χ1) is 13.4. The van der Waals surface area contributed by atoms with Crippen LogP contribution in [-0.4, -0.2) is 25.7 Å². The first-order valence-corrected chi connectivity index (χ1v) is 9.51. The molecule has 0 spiro atoms. The Morgan fingerprint density at radius 1 is 1.21 bits per heavy atom. The Kier molecular flexibility index (Phi) is 5.98. The normalized spacial score (nSPS) is 11.6. The molecule has 0 aliphatic carbocycles. The molecular weight excluding hydrogens is 408 g/mol. The minimum atomic E-state index is -4.63. The lowest BCUT2D eigenvalue weighted by Gasteiger charge is -2.26. The number of hydrogen-bond donors (Lipinski definition) is 0. The van der Waals surface area contributed by atoms with Crippen LogP contribution in [0, 0.1) is 38.5 Å². The fourth-order valence-electron chi connectivity index (χ4n) is 2.23. The van der Waals surface area contributed by atoms with Crippen LogP contribution < -0.4 is 4.31 Å². The summed E-state index contributed by atoms with van der Waals surface area (Å²) in [5.74, 6) is -2.72. The summed E-state index contributed by atoms with van der Waals surface area (Å²) in [5, 5.41) is 20.2. The van der Waals surface area contributed by atoms with Crippen LogP contribution in [0.1, 0.15) is 13.8 Å². The Labute approximate surface area is 165 Å². The van der Waals surface area contributed by atoms with Crippen molar-refractivity contribution < 1.29 is 26.9 Å². The Bertz CT molecular complexity index is 1110. The summed E-state index contributed by atoms with van der Waals surface area (Å²) in [6, 6.07) is 7.45. The average molecular weight is 423 g/mol. The van der Waals surface area contributed by atoms with Crippen molar-refractivity contribution in [3.8, 4) is 6.07 Å². The van der Waals surface area contributed by atoms with Crippen molar-refractivity contribution in [1.82, 2.24) is 0 Å². The number of carbonyl (C=O) groups excluding carboxylic acids is 1. The van der Waals surface area contributed by atoms with Crippen molar-refractivity contribution in [2.45, 2.75) is 18.7 Å². The summed E-state index contributed by atoms with van der Waals surface area (Å²) in [4.78, 5) is 22.2. The molecule has 0 bridgehead atoms. The molecule has 2 aromatic carbocycles. The second-order valence-electron chi connectivity index (χ2n) is 6.52. The molecular formula is C18H15F2N3O5S. The van der Waals surface area contributed by atoms with E-state index in [2.05, 4.69) is 0 Å². The molecule has 0 saturated heterocycles. The third-order valence-electron chi connectivity index (χ3n) is 4.07. The van der Waals surface area contributed by atoms with Gasteiger partial charge < -0.3 is 0 Å². The van der Waals surface area contributed by atoms with Gasteiger partial charge in [0.05, 0.1) is 28.1 Å². The van der Waals surface area contributed by atoms with Crippen LogP contribution in [0.5, 0.6) is 0 Å². The minimum Gasteiger partial charge on any atom is -0.296 e. The number of nitriles is 1. The van der Waals surface area contributed by atoms with Gasteiger partial charge in [-0.05, 0) is 44.2 Å². The van der Waals surface area contributed by atoms with Crippen LogP contribution in [0.4, 0.5) is 20.2 Å². The molecule has 0 fully saturated rings. The molecule has 0 heterocycles. The van der Waals surface area contributed by atoms with Gasteiger partial charge in [-0.3, -0.25) is 19.2 Å². The van der Waals surface area contributed by atoms with Crippen molar-refractivity contribution in [2.75, 3.05) is 10.8 Å². The Morgan fingerprint density at radius 3 is 2.31 bits per heavy atom. The van der Waals surface area contributed by atoms with E-state index in [0.717, 1.165) is 30.3 Å². The van der Waals surface area contributed by atoms with Gasteiger partial charge in [0.2, 0.25) is 0 Å². The number of sulfonamides is 1. The van der Waals surface area contributed by atoms with Gasteiger partial charge in [0.15, 0.2) is 5.78 Å². The zero-order valence-electron chi connectivity index (χ0n) is 15.3. The number of halogens is 2. The number of nitrogens with zero attached hydrogens (tertiary/aromatic N) is 3. The van der Waals surface area contributed by atoms with Crippen molar-refractivity contribution >= 4 is 27.2 Å². The predicted molar refractivity (Wildman–Crippen MR) is 98.4 cm³/mol. The molecule has 2 rings (SSSR count). The summed E-state index contributed by atoms with van der Waals surface area (Å²) < 4.78 is 54.1. The summed E-state index contributed by atoms with van der Waals surface area (Å²) >= 11 is 0. The second kappa shape index (κ2) is 7.92. The van der Waals surface area contributed by atoms with E-state index in [1.165, 1.54) is 13.8 Å². The van der Waals surface area contributed by atoms with E-state index in [-0.39, 0.29) is 0 Å². The van der Waals surface area contributed by atoms with E-state index >= 15 is 0 Å². The first kappa shape index (κ1) is 21.9. The lowest BCUT2D eigenvalue weighted by Crippen LogP contribution is -2.40. The Morgan fingerprint density at radius 2 is 1.79 bits per heavy atom. The molecule has 2 aromatic rings. The zero-order valence-corrected chi connectivity index (χ0v) is 16.1. The van der Waals surface area contributed by atoms with Crippen molar-refractivity contribution in [3.05, 3.63) is 64.2 Å². The minimum absolute atomic E-state index is 0.337. The average Bonchev–Trinajstić information content (AvgIpc) is 2.66. The lowest BCUT2D eigenvalue weighted by molar-refractivity contribution is -0.384. The maximum atomic E-state index is 14.5. The fourth-order valence-corrected chi connectivity index (χ4v) is 3.65. The third kappa shape index (κ3) is 4.55. The molecule has 29 heavy (non-hydrogen) atoms. The van der Waals surface area contributed by atoms with Crippen LogP contribution in [0.2, 0.25) is 0 Å². The molecule has 0 N–H and O–H groups in total. The molecule has 0 radical (unpaired) electrons. The van der Waals surface area contributed by atoms with E-state index in [9.17, 15) is 32.1 Å². The van der Waals surface area contributed by atoms with E-state index < -0.39 is 60.6 Å². The largest absolute Gasteiger partial charge is 0.296 e. The summed E-state index contributed by atoms with van der Waals surface area (Å²) in [7, 11) is -4.63. The van der Waals surface area contributed by atoms with Crippen molar-refractivity contribution in [2.24, 2.45) is 5.41 Å². The highest BCUT2D eigenvalue weighted by Gasteiger charge is 2.35. The van der Waals surface area contributed by atoms with E-state index in [4.69, 9.17) is 5.26 Å². The highest BCUT2D eigenvalue weighted by atomic mass is 32.2. The number of Topliss-reactive ketones (excluding diaryl/α,β-unsaturated/α-hetero) is 1. The number of hydrogen-bond acceptors (Lipinski definition) is 6. The molecule has 0 atom stereocenters. The summed E-state index contributed by atoms with van der Waals surface area (Å²) in [6.07, 6.45) is 0. The maximum absolute atomic E-state index is 14.5. The number of nitro groups is 1. The smallest absolute Gasteiger partial charge is 0.271 e. The van der Waals surface area contributed by atoms with Gasteiger partial charge in [-0.1, -0.05) is 0 Å². The molecule has 8 nitrogen and oxygen atoms in total. The van der Waals surface area contributed by atoms with E-state index in [1.54, 1.807) is 6.07 Å². The molecule has 0 aliphatic rings. The zero-order chi connectivity index (χ0) is 22.0. The summed E-state index contributed by atoms with van der Waals surface area (Å²) in [5.41, 5.74) is -2.95. The highest BCUT2D eigenvalue weighted by Crippen LogP contribution is 2.31. The van der Waals surface area contributed by atoms with Crippen molar-refractivity contribution in [1.29, 1.82) is 5.26 Å². The van der Waals surface area contributed by atoms with Crippen LogP contribution in [-0.2, 0) is 14.8 Å². The van der Waals surface area contributed by atoms with Gasteiger partial charge in [0.25, 0.3) is 15.7 Å². The van der Waals surface area contributed by atoms with Gasteiger partial charge in [0, 0.05) is 12.1 Å². The molecule has 0 saturated carbocycles. The van der Waals surface area contributed by atoms with Gasteiger partial charge in [-0.25, -0.2) is 17.2 Å². The number of ketones is 1. The number of nitro benzene ring substituents is 1. The quantitative estimate of drug-likeness (QED) is 0.498. The van der Waals surface area contributed by atoms with Crippen LogP contribution in [0.25, 0.3) is 0 Å². The third-order valence-corrected chi connectivity index (χ3v) is 5.85. The summed E-state index contributed by atoms with van der Waals surface area (Å²) in [6.45, 7) is 1.54. The molecule has 0 unspecified atom stereocenters. The number of benzene rings is 2. The van der Waals surface area contributed by atoms with E-state index in [0.29, 0.717) is 16.4 Å². The van der Waals surface area contributed by atoms with Gasteiger partial charge in [-0.15, -0.1) is 0 Å². The van der Waals surface area contributed by atoms with E-state index in [1.807, 2.05) is 0 Å². The topological polar surface area (TPSA) is 121 Å². The predicted octanol–water partition coefficient (Wildman–Crippen LogP) is 3.19. The standard InChI is InChI=1S/C18H15F2N3O5S/c1-18(2,11-21)17(24)10-22(16-9-13(23(25)26)5-8-15(16)20)29(27,28)14-6-3-12(19)4-7-14/h3-9H,10H2,1-2H3. The number of carbonyl (C=O) groups is 1. The van der Waals surface area contributed by atoms with Gasteiger partial charge in [0.1, 0.15) is 17.0 Å². The molecule has 0 amide bonds. The number of rotatable bonds is 7. The molecule has 11 heteroatoms. The first-order valence-electron chi connectivity index (χ1n) is 8.07.